The van der Waals surface area contributed by atoms with Gasteiger partial charge in [0.25, 0.3) is 5.91 Å². The maximum Gasteiger partial charge on any atom is 0.271 e. The van der Waals surface area contributed by atoms with Crippen LogP contribution in [0.3, 0.4) is 0 Å². The number of rotatable bonds is 4. The van der Waals surface area contributed by atoms with Gasteiger partial charge < -0.3 is 5.32 Å². The van der Waals surface area contributed by atoms with Gasteiger partial charge in [0.1, 0.15) is 10.8 Å². The van der Waals surface area contributed by atoms with Gasteiger partial charge in [0.15, 0.2) is 0 Å². The van der Waals surface area contributed by atoms with Crippen LogP contribution in [-0.2, 0) is 0 Å². The van der Waals surface area contributed by atoms with Gasteiger partial charge in [0, 0.05) is 24.0 Å². The van der Waals surface area contributed by atoms with Crippen LogP contribution >= 0.6 is 22.9 Å². The second-order valence-electron chi connectivity index (χ2n) is 3.71. The molecule has 0 aliphatic heterocycles. The summed E-state index contributed by atoms with van der Waals surface area (Å²) in [5, 5.41) is 5.97. The van der Waals surface area contributed by atoms with E-state index in [0.29, 0.717) is 6.54 Å². The van der Waals surface area contributed by atoms with Crippen LogP contribution in [0.5, 0.6) is 0 Å². The van der Waals surface area contributed by atoms with Crippen molar-refractivity contribution in [1.29, 1.82) is 0 Å². The molecule has 0 bridgehead atoms. The van der Waals surface area contributed by atoms with Crippen molar-refractivity contribution in [3.8, 4) is 0 Å². The Morgan fingerprint density at radius 3 is 2.89 bits per heavy atom. The van der Waals surface area contributed by atoms with Gasteiger partial charge in [-0.05, 0) is 0 Å². The molecule has 5 nitrogen and oxygen atoms in total. The molecule has 2 aromatic heterocycles. The average Bonchev–Trinajstić information content (AvgIpc) is 2.90. The molecule has 1 amide bonds. The molecule has 1 atom stereocenters. The smallest absolute Gasteiger partial charge is 0.271 e. The highest BCUT2D eigenvalue weighted by Crippen LogP contribution is 2.16. The first-order valence-corrected chi connectivity index (χ1v) is 6.57. The van der Waals surface area contributed by atoms with E-state index in [0.717, 1.165) is 5.01 Å². The van der Waals surface area contributed by atoms with Crippen LogP contribution in [0.1, 0.15) is 28.3 Å². The molecule has 0 aliphatic rings. The summed E-state index contributed by atoms with van der Waals surface area (Å²) in [7, 11) is 0. The first-order valence-electron chi connectivity index (χ1n) is 5.32. The van der Waals surface area contributed by atoms with Crippen molar-refractivity contribution in [3.63, 3.8) is 0 Å². The lowest BCUT2D eigenvalue weighted by Gasteiger charge is -2.09. The molecule has 0 spiro atoms. The number of nitrogens with one attached hydrogen (secondary N) is 1. The largest absolute Gasteiger partial charge is 0.350 e. The highest BCUT2D eigenvalue weighted by molar-refractivity contribution is 7.09. The fraction of sp³-hybridized carbons (Fsp3) is 0.273. The summed E-state index contributed by atoms with van der Waals surface area (Å²) in [6, 6.07) is 0. The second kappa shape index (κ2) is 5.88. The number of thiazole rings is 1. The lowest BCUT2D eigenvalue weighted by molar-refractivity contribution is 0.0946. The molecule has 2 aromatic rings. The van der Waals surface area contributed by atoms with Gasteiger partial charge in [-0.1, -0.05) is 18.5 Å². The summed E-state index contributed by atoms with van der Waals surface area (Å²) < 4.78 is 0. The number of amides is 1. The van der Waals surface area contributed by atoms with E-state index < -0.39 is 0 Å². The minimum absolute atomic E-state index is 0.175. The predicted octanol–water partition coefficient (Wildman–Crippen LogP) is 2.12. The van der Waals surface area contributed by atoms with Crippen molar-refractivity contribution in [2.45, 2.75) is 12.8 Å². The third-order valence-electron chi connectivity index (χ3n) is 2.29. The van der Waals surface area contributed by atoms with E-state index in [1.54, 1.807) is 17.5 Å². The van der Waals surface area contributed by atoms with Gasteiger partial charge >= 0.3 is 0 Å². The minimum atomic E-state index is -0.262. The summed E-state index contributed by atoms with van der Waals surface area (Å²) in [5.41, 5.74) is 0.255. The topological polar surface area (TPSA) is 67.8 Å². The molecular formula is C11H11ClN4OS. The predicted molar refractivity (Wildman–Crippen MR) is 69.9 cm³/mol. The van der Waals surface area contributed by atoms with E-state index in [1.807, 2.05) is 12.3 Å². The van der Waals surface area contributed by atoms with Crippen molar-refractivity contribution in [1.82, 2.24) is 20.3 Å². The molecule has 94 valence electrons. The third-order valence-corrected chi connectivity index (χ3v) is 3.50. The Kier molecular flexibility index (Phi) is 4.22. The Labute approximate surface area is 113 Å². The molecule has 0 saturated carbocycles. The first-order chi connectivity index (χ1) is 8.66. The maximum atomic E-state index is 11.8. The molecule has 0 aromatic carbocycles. The maximum absolute atomic E-state index is 11.8. The average molecular weight is 283 g/mol. The van der Waals surface area contributed by atoms with E-state index in [1.165, 1.54) is 12.4 Å². The normalized spacial score (nSPS) is 12.1. The molecule has 18 heavy (non-hydrogen) atoms. The van der Waals surface area contributed by atoms with Gasteiger partial charge in [-0.3, -0.25) is 4.79 Å². The molecule has 0 saturated heterocycles. The van der Waals surface area contributed by atoms with Crippen LogP contribution in [0, 0.1) is 0 Å². The van der Waals surface area contributed by atoms with Crippen molar-refractivity contribution in [2.75, 3.05) is 6.54 Å². The minimum Gasteiger partial charge on any atom is -0.350 e. The van der Waals surface area contributed by atoms with E-state index >= 15 is 0 Å². The lowest BCUT2D eigenvalue weighted by Crippen LogP contribution is -2.28. The lowest BCUT2D eigenvalue weighted by atomic mass is 10.2. The Balaban J connectivity index is 1.90. The van der Waals surface area contributed by atoms with Gasteiger partial charge in [0.2, 0.25) is 0 Å². The van der Waals surface area contributed by atoms with Crippen LogP contribution < -0.4 is 5.32 Å². The van der Waals surface area contributed by atoms with Crippen LogP contribution in [0.2, 0.25) is 5.15 Å². The van der Waals surface area contributed by atoms with Gasteiger partial charge in [0.05, 0.1) is 17.4 Å². The number of hydrogen-bond acceptors (Lipinski definition) is 5. The quantitative estimate of drug-likeness (QED) is 0.933. The van der Waals surface area contributed by atoms with Crippen molar-refractivity contribution in [3.05, 3.63) is 39.8 Å². The molecule has 1 N–H and O–H groups in total. The molecule has 2 heterocycles. The number of hydrogen-bond donors (Lipinski definition) is 1. The second-order valence-corrected chi connectivity index (χ2v) is 5.02. The SMILES string of the molecule is CC(CNC(=O)c1cnc(Cl)cn1)c1nccs1. The van der Waals surface area contributed by atoms with E-state index in [-0.39, 0.29) is 22.7 Å². The summed E-state index contributed by atoms with van der Waals surface area (Å²) in [5.74, 6) is -0.0863. The third kappa shape index (κ3) is 3.24. The molecule has 2 rings (SSSR count). The highest BCUT2D eigenvalue weighted by Gasteiger charge is 2.12. The fourth-order valence-electron chi connectivity index (χ4n) is 1.33. The van der Waals surface area contributed by atoms with Gasteiger partial charge in [-0.25, -0.2) is 15.0 Å². The number of nitrogens with zero attached hydrogens (tertiary/aromatic N) is 3. The zero-order valence-corrected chi connectivity index (χ0v) is 11.2. The number of aromatic nitrogens is 3. The van der Waals surface area contributed by atoms with Crippen LogP contribution in [0.4, 0.5) is 0 Å². The Bertz CT molecular complexity index is 514. The summed E-state index contributed by atoms with van der Waals surface area (Å²) >= 11 is 7.17. The molecule has 0 fully saturated rings. The molecular weight excluding hydrogens is 272 g/mol. The molecule has 1 unspecified atom stereocenters. The van der Waals surface area contributed by atoms with Crippen molar-refractivity contribution >= 4 is 28.8 Å². The standard InChI is InChI=1S/C11H11ClN4OS/c1-7(11-13-2-3-18-11)4-16-10(17)8-5-15-9(12)6-14-8/h2-3,5-7H,4H2,1H3,(H,16,17). The van der Waals surface area contributed by atoms with E-state index in [2.05, 4.69) is 20.3 Å². The summed E-state index contributed by atoms with van der Waals surface area (Å²) in [6.45, 7) is 2.52. The zero-order valence-electron chi connectivity index (χ0n) is 9.63. The Morgan fingerprint density at radius 2 is 2.28 bits per heavy atom. The molecule has 0 radical (unpaired) electrons. The number of halogens is 1. The van der Waals surface area contributed by atoms with Crippen LogP contribution in [0.25, 0.3) is 0 Å². The van der Waals surface area contributed by atoms with Crippen molar-refractivity contribution in [2.24, 2.45) is 0 Å². The van der Waals surface area contributed by atoms with E-state index in [4.69, 9.17) is 11.6 Å². The van der Waals surface area contributed by atoms with Gasteiger partial charge in [-0.2, -0.15) is 0 Å². The van der Waals surface area contributed by atoms with Gasteiger partial charge in [-0.15, -0.1) is 11.3 Å². The van der Waals surface area contributed by atoms with Crippen LogP contribution in [-0.4, -0.2) is 27.4 Å². The van der Waals surface area contributed by atoms with Crippen molar-refractivity contribution < 1.29 is 4.79 Å². The Hall–Kier alpha value is -1.53. The zero-order chi connectivity index (χ0) is 13.0. The summed E-state index contributed by atoms with van der Waals surface area (Å²) in [6.07, 6.45) is 4.45. The molecule has 0 aliphatic carbocycles. The molecule has 7 heteroatoms. The number of carbonyl (C=O) groups is 1. The van der Waals surface area contributed by atoms with Crippen LogP contribution in [0.15, 0.2) is 24.0 Å². The fourth-order valence-corrected chi connectivity index (χ4v) is 2.13. The highest BCUT2D eigenvalue weighted by atomic mass is 35.5. The van der Waals surface area contributed by atoms with E-state index in [9.17, 15) is 4.79 Å². The monoisotopic (exact) mass is 282 g/mol. The summed E-state index contributed by atoms with van der Waals surface area (Å²) in [4.78, 5) is 23.7. The first kappa shape index (κ1) is 12.9. The number of carbonyl (C=O) groups excluding carboxylic acids is 1. The Morgan fingerprint density at radius 1 is 1.44 bits per heavy atom.